The van der Waals surface area contributed by atoms with Gasteiger partial charge in [-0.3, -0.25) is 4.79 Å². The van der Waals surface area contributed by atoms with E-state index in [0.29, 0.717) is 47.0 Å². The molecule has 2 aromatic carbocycles. The van der Waals surface area contributed by atoms with E-state index >= 15 is 0 Å². The van der Waals surface area contributed by atoms with Gasteiger partial charge in [-0.05, 0) is 48.9 Å². The number of carbonyl (C=O) groups excluding carboxylic acids is 1. The van der Waals surface area contributed by atoms with Crippen molar-refractivity contribution in [3.05, 3.63) is 71.2 Å². The second-order valence-corrected chi connectivity index (χ2v) is 9.59. The Balaban J connectivity index is 1.19. The number of alkyl halides is 3. The fraction of sp³-hybridized carbons (Fsp3) is 0.269. The van der Waals surface area contributed by atoms with Crippen LogP contribution in [0.2, 0.25) is 0 Å². The maximum absolute atomic E-state index is 13.1. The fourth-order valence-corrected chi connectivity index (χ4v) is 5.48. The van der Waals surface area contributed by atoms with E-state index in [1.807, 2.05) is 18.2 Å². The molecule has 1 amide bonds. The topological polar surface area (TPSA) is 89.1 Å². The van der Waals surface area contributed by atoms with Gasteiger partial charge >= 0.3 is 6.18 Å². The average Bonchev–Trinajstić information content (AvgIpc) is 3.11. The van der Waals surface area contributed by atoms with Crippen molar-refractivity contribution in [1.82, 2.24) is 15.0 Å². The van der Waals surface area contributed by atoms with Crippen LogP contribution >= 0.6 is 0 Å². The second-order valence-electron chi connectivity index (χ2n) is 9.59. The first-order valence-electron chi connectivity index (χ1n) is 11.6. The van der Waals surface area contributed by atoms with Crippen LogP contribution in [-0.4, -0.2) is 27.0 Å². The van der Waals surface area contributed by atoms with E-state index in [4.69, 9.17) is 9.47 Å². The number of aromatic amines is 1. The zero-order valence-corrected chi connectivity index (χ0v) is 18.9. The predicted molar refractivity (Wildman–Crippen MR) is 123 cm³/mol. The minimum Gasteiger partial charge on any atom is -0.488 e. The molecular weight excluding hydrogens is 473 g/mol. The standard InChI is InChI=1S/C26H19F3N4O3/c1-25-15-11-13(35-18-8-9-30-23-14(18)4-7-20(34)33-23)3-6-19(15)36-22(25)21(25)24-31-16-5-2-12(26(27,28)29)10-17(16)32-24/h2-3,5-6,8-11,21-22H,4,7H2,1H3,(H,31,32)(H,30,33,34)/t21-,22?,25-/m0/s1. The number of H-pyrrole nitrogens is 1. The molecule has 7 nitrogen and oxygen atoms in total. The maximum Gasteiger partial charge on any atom is 0.416 e. The number of hydrogen-bond acceptors (Lipinski definition) is 5. The molecule has 7 rings (SSSR count). The van der Waals surface area contributed by atoms with Crippen LogP contribution in [0, 0.1) is 0 Å². The van der Waals surface area contributed by atoms with E-state index in [0.717, 1.165) is 29.0 Å². The van der Waals surface area contributed by atoms with Gasteiger partial charge in [0, 0.05) is 29.2 Å². The Morgan fingerprint density at radius 3 is 2.83 bits per heavy atom. The van der Waals surface area contributed by atoms with E-state index in [2.05, 4.69) is 27.2 Å². The van der Waals surface area contributed by atoms with Crippen molar-refractivity contribution in [1.29, 1.82) is 0 Å². The number of rotatable bonds is 3. The van der Waals surface area contributed by atoms with Gasteiger partial charge in [0.25, 0.3) is 0 Å². The molecule has 182 valence electrons. The Morgan fingerprint density at radius 2 is 2.00 bits per heavy atom. The Labute approximate surface area is 202 Å². The number of fused-ring (bicyclic) bond motifs is 5. The van der Waals surface area contributed by atoms with Crippen LogP contribution in [0.4, 0.5) is 19.0 Å². The molecule has 1 fully saturated rings. The summed E-state index contributed by atoms with van der Waals surface area (Å²) in [5.74, 6) is 2.94. The molecule has 0 radical (unpaired) electrons. The summed E-state index contributed by atoms with van der Waals surface area (Å²) < 4.78 is 51.8. The fourth-order valence-electron chi connectivity index (χ4n) is 5.48. The monoisotopic (exact) mass is 492 g/mol. The molecule has 1 aliphatic carbocycles. The van der Waals surface area contributed by atoms with Crippen molar-refractivity contribution in [2.24, 2.45) is 0 Å². The molecule has 0 bridgehead atoms. The highest BCUT2D eigenvalue weighted by Crippen LogP contribution is 2.67. The molecule has 1 saturated carbocycles. The van der Waals surface area contributed by atoms with Crippen LogP contribution in [0.15, 0.2) is 48.7 Å². The third kappa shape index (κ3) is 3.03. The number of hydrogen-bond donors (Lipinski definition) is 2. The Bertz CT molecular complexity index is 1580. The summed E-state index contributed by atoms with van der Waals surface area (Å²) in [5, 5.41) is 2.77. The van der Waals surface area contributed by atoms with E-state index in [1.165, 1.54) is 6.07 Å². The SMILES string of the molecule is C[C@@]12c3cc(Oc4ccnc5c4CCC(=O)N5)ccc3OC1[C@H]2c1nc2ccc(C(F)(F)F)cc2[nH]1. The van der Waals surface area contributed by atoms with Gasteiger partial charge in [-0.25, -0.2) is 9.97 Å². The summed E-state index contributed by atoms with van der Waals surface area (Å²) in [6.45, 7) is 2.07. The number of anilines is 1. The lowest BCUT2D eigenvalue weighted by Crippen LogP contribution is -2.20. The smallest absolute Gasteiger partial charge is 0.416 e. The number of carbonyl (C=O) groups is 1. The number of benzene rings is 2. The number of halogens is 3. The summed E-state index contributed by atoms with van der Waals surface area (Å²) >= 11 is 0. The van der Waals surface area contributed by atoms with Gasteiger partial charge in [-0.1, -0.05) is 6.92 Å². The number of nitrogens with zero attached hydrogens (tertiary/aromatic N) is 2. The lowest BCUT2D eigenvalue weighted by molar-refractivity contribution is -0.137. The van der Waals surface area contributed by atoms with Gasteiger partial charge in [0.05, 0.1) is 22.5 Å². The molecule has 1 unspecified atom stereocenters. The lowest BCUT2D eigenvalue weighted by Gasteiger charge is -2.19. The van der Waals surface area contributed by atoms with Crippen LogP contribution in [0.1, 0.15) is 41.8 Å². The molecule has 3 atom stereocenters. The van der Waals surface area contributed by atoms with Crippen molar-refractivity contribution in [3.8, 4) is 17.2 Å². The third-order valence-corrected chi connectivity index (χ3v) is 7.44. The van der Waals surface area contributed by atoms with Crippen molar-refractivity contribution < 1.29 is 27.4 Å². The van der Waals surface area contributed by atoms with Crippen LogP contribution in [0.25, 0.3) is 11.0 Å². The van der Waals surface area contributed by atoms with Crippen molar-refractivity contribution in [2.45, 2.75) is 43.4 Å². The van der Waals surface area contributed by atoms with Gasteiger partial charge in [0.2, 0.25) is 5.91 Å². The Morgan fingerprint density at radius 1 is 1.14 bits per heavy atom. The number of aromatic nitrogens is 3. The quantitative estimate of drug-likeness (QED) is 0.396. The largest absolute Gasteiger partial charge is 0.488 e. The highest BCUT2D eigenvalue weighted by Gasteiger charge is 2.71. The van der Waals surface area contributed by atoms with E-state index in [-0.39, 0.29) is 23.3 Å². The number of nitrogens with one attached hydrogen (secondary N) is 2. The van der Waals surface area contributed by atoms with E-state index in [1.54, 1.807) is 12.3 Å². The zero-order chi connectivity index (χ0) is 24.8. The summed E-state index contributed by atoms with van der Waals surface area (Å²) in [5.41, 5.74) is 1.54. The predicted octanol–water partition coefficient (Wildman–Crippen LogP) is 5.47. The van der Waals surface area contributed by atoms with E-state index in [9.17, 15) is 18.0 Å². The second kappa shape index (κ2) is 6.99. The van der Waals surface area contributed by atoms with Gasteiger partial charge in [-0.15, -0.1) is 0 Å². The number of pyridine rings is 1. The third-order valence-electron chi connectivity index (χ3n) is 7.44. The summed E-state index contributed by atoms with van der Waals surface area (Å²) in [4.78, 5) is 23.6. The molecule has 36 heavy (non-hydrogen) atoms. The molecule has 2 aromatic heterocycles. The van der Waals surface area contributed by atoms with Crippen LogP contribution in [0.3, 0.4) is 0 Å². The van der Waals surface area contributed by atoms with Gasteiger partial charge in [0.1, 0.15) is 35.0 Å². The van der Waals surface area contributed by atoms with Crippen LogP contribution in [0.5, 0.6) is 17.2 Å². The zero-order valence-electron chi connectivity index (χ0n) is 18.9. The van der Waals surface area contributed by atoms with E-state index < -0.39 is 11.7 Å². The molecular formula is C26H19F3N4O3. The average molecular weight is 492 g/mol. The molecule has 4 heterocycles. The summed E-state index contributed by atoms with van der Waals surface area (Å²) in [6.07, 6.45) is -2.08. The maximum atomic E-state index is 13.1. The summed E-state index contributed by atoms with van der Waals surface area (Å²) in [6, 6.07) is 10.9. The Hall–Kier alpha value is -4.08. The van der Waals surface area contributed by atoms with Gasteiger partial charge in [0.15, 0.2) is 0 Å². The highest BCUT2D eigenvalue weighted by molar-refractivity contribution is 5.93. The van der Waals surface area contributed by atoms with Crippen LogP contribution < -0.4 is 14.8 Å². The molecule has 0 saturated heterocycles. The van der Waals surface area contributed by atoms with Crippen LogP contribution in [-0.2, 0) is 22.8 Å². The number of ether oxygens (including phenoxy) is 2. The molecule has 0 spiro atoms. The van der Waals surface area contributed by atoms with Gasteiger partial charge < -0.3 is 19.8 Å². The minimum absolute atomic E-state index is 0.0687. The molecule has 3 aliphatic rings. The first-order chi connectivity index (χ1) is 17.2. The normalized spacial score (nSPS) is 23.9. The van der Waals surface area contributed by atoms with Crippen molar-refractivity contribution in [3.63, 3.8) is 0 Å². The first kappa shape index (κ1) is 21.2. The molecule has 10 heteroatoms. The minimum atomic E-state index is -4.42. The lowest BCUT2D eigenvalue weighted by atomic mass is 9.95. The Kier molecular flexibility index (Phi) is 4.12. The van der Waals surface area contributed by atoms with Crippen molar-refractivity contribution in [2.75, 3.05) is 5.32 Å². The first-order valence-corrected chi connectivity index (χ1v) is 11.6. The van der Waals surface area contributed by atoms with Crippen molar-refractivity contribution >= 4 is 22.8 Å². The molecule has 2 aliphatic heterocycles. The molecule has 4 aromatic rings. The molecule has 2 N–H and O–H groups in total. The number of amides is 1. The number of imidazole rings is 1. The highest BCUT2D eigenvalue weighted by atomic mass is 19.4. The van der Waals surface area contributed by atoms with Gasteiger partial charge in [-0.2, -0.15) is 13.2 Å². The summed E-state index contributed by atoms with van der Waals surface area (Å²) in [7, 11) is 0.